The standard InChI is InChI=1S/C12H11ClF2N4O4S.C9H7ClF2N4O2.C3H5ClO2S/c13-7-3-4-8(19(20)21)11-10(7)12(16-18(11)5-9(14)15)17-24(22,23)6-1-2-6;10-4-1-2-5(16(17)18)8-7(4)9(13)14-15(8)3-6(11)12;4-7(5,6)3-1-2-3/h3-4,6,9H,1-2,5H2,(H,16,17);1-2,6H,3H2,(H2,13,14);3H,1-2H2. The quantitative estimate of drug-likeness (QED) is 0.0827. The number of hydrogen-bond donors (Lipinski definition) is 2. The third-order valence-electron chi connectivity index (χ3n) is 6.81. The van der Waals surface area contributed by atoms with Crippen molar-refractivity contribution in [3.63, 3.8) is 0 Å². The van der Waals surface area contributed by atoms with Crippen LogP contribution in [0.2, 0.25) is 10.0 Å². The van der Waals surface area contributed by atoms with Crippen LogP contribution in [0.25, 0.3) is 21.8 Å². The summed E-state index contributed by atoms with van der Waals surface area (Å²) in [4.78, 5) is 20.6. The molecule has 2 fully saturated rings. The number of alkyl halides is 4. The Morgan fingerprint density at radius 1 is 0.816 bits per heavy atom. The summed E-state index contributed by atoms with van der Waals surface area (Å²) in [5.41, 5.74) is 4.35. The SMILES string of the molecule is Nc1nn(CC(F)F)c2c([N+](=O)[O-])ccc(Cl)c12.O=S(=O)(Cl)C1CC1.O=[N+]([O-])c1ccc(Cl)c2c(NS(=O)(=O)C3CC3)nn(CC(F)F)c12. The molecule has 0 amide bonds. The van der Waals surface area contributed by atoms with Crippen molar-refractivity contribution in [3.05, 3.63) is 54.5 Å². The van der Waals surface area contributed by atoms with E-state index in [0.29, 0.717) is 17.5 Å². The summed E-state index contributed by atoms with van der Waals surface area (Å²) in [7, 11) is -1.99. The van der Waals surface area contributed by atoms with E-state index in [4.69, 9.17) is 39.6 Å². The Labute approximate surface area is 287 Å². The first-order valence-corrected chi connectivity index (χ1v) is 18.3. The van der Waals surface area contributed by atoms with Crippen LogP contribution in [0.3, 0.4) is 0 Å². The smallest absolute Gasteiger partial charge is 0.295 e. The van der Waals surface area contributed by atoms with E-state index >= 15 is 0 Å². The Morgan fingerprint density at radius 2 is 1.24 bits per heavy atom. The Balaban J connectivity index is 0.000000189. The molecule has 4 aromatic rings. The normalized spacial score (nSPS) is 14.8. The summed E-state index contributed by atoms with van der Waals surface area (Å²) in [5, 5.41) is 28.8. The molecule has 0 unspecified atom stereocenters. The summed E-state index contributed by atoms with van der Waals surface area (Å²) in [6, 6.07) is 4.68. The van der Waals surface area contributed by atoms with Crippen LogP contribution in [0.1, 0.15) is 25.7 Å². The Hall–Kier alpha value is -3.73. The molecular weight excluding hydrogens is 775 g/mol. The molecule has 25 heteroatoms. The van der Waals surface area contributed by atoms with Crippen molar-refractivity contribution in [1.29, 1.82) is 0 Å². The zero-order chi connectivity index (χ0) is 36.6. The minimum Gasteiger partial charge on any atom is -0.382 e. The summed E-state index contributed by atoms with van der Waals surface area (Å²) in [6.07, 6.45) is -3.05. The Kier molecular flexibility index (Phi) is 11.4. The molecule has 16 nitrogen and oxygen atoms in total. The molecule has 3 N–H and O–H groups in total. The number of fused-ring (bicyclic) bond motifs is 2. The van der Waals surface area contributed by atoms with Gasteiger partial charge in [-0.25, -0.2) is 43.8 Å². The van der Waals surface area contributed by atoms with Gasteiger partial charge in [0.1, 0.15) is 24.1 Å². The van der Waals surface area contributed by atoms with Crippen LogP contribution >= 0.6 is 33.9 Å². The highest BCUT2D eigenvalue weighted by Gasteiger charge is 2.37. The molecule has 2 heterocycles. The number of nitrogens with two attached hydrogens (primary N) is 1. The fourth-order valence-electron chi connectivity index (χ4n) is 4.39. The predicted molar refractivity (Wildman–Crippen MR) is 173 cm³/mol. The van der Waals surface area contributed by atoms with E-state index < -0.39 is 65.8 Å². The highest BCUT2D eigenvalue weighted by molar-refractivity contribution is 8.14. The number of nitrogen functional groups attached to an aromatic ring is 1. The summed E-state index contributed by atoms with van der Waals surface area (Å²) in [5.74, 6) is -0.398. The fraction of sp³-hybridized carbons (Fsp3) is 0.417. The van der Waals surface area contributed by atoms with Gasteiger partial charge < -0.3 is 5.73 Å². The molecule has 2 aromatic heterocycles. The van der Waals surface area contributed by atoms with E-state index in [1.807, 2.05) is 0 Å². The molecule has 0 atom stereocenters. The van der Waals surface area contributed by atoms with E-state index in [2.05, 4.69) is 14.9 Å². The van der Waals surface area contributed by atoms with Gasteiger partial charge in [0.2, 0.25) is 19.1 Å². The lowest BCUT2D eigenvalue weighted by molar-refractivity contribution is -0.383. The van der Waals surface area contributed by atoms with E-state index in [-0.39, 0.29) is 54.4 Å². The summed E-state index contributed by atoms with van der Waals surface area (Å²) < 4.78 is 98.5. The van der Waals surface area contributed by atoms with Gasteiger partial charge in [-0.15, -0.1) is 0 Å². The number of rotatable bonds is 10. The number of nitro benzene ring substituents is 2. The van der Waals surface area contributed by atoms with Crippen LogP contribution in [0.5, 0.6) is 0 Å². The van der Waals surface area contributed by atoms with Crippen LogP contribution in [0.15, 0.2) is 24.3 Å². The van der Waals surface area contributed by atoms with Crippen molar-refractivity contribution in [2.24, 2.45) is 0 Å². The van der Waals surface area contributed by atoms with Crippen LogP contribution in [-0.4, -0.2) is 69.6 Å². The van der Waals surface area contributed by atoms with E-state index in [0.717, 1.165) is 29.7 Å². The van der Waals surface area contributed by atoms with E-state index in [9.17, 15) is 54.6 Å². The van der Waals surface area contributed by atoms with Crippen molar-refractivity contribution >= 4 is 97.8 Å². The van der Waals surface area contributed by atoms with Gasteiger partial charge in [0.15, 0.2) is 11.6 Å². The van der Waals surface area contributed by atoms with E-state index in [1.54, 1.807) is 0 Å². The molecule has 268 valence electrons. The van der Waals surface area contributed by atoms with Gasteiger partial charge in [-0.1, -0.05) is 23.2 Å². The Morgan fingerprint density at radius 3 is 1.63 bits per heavy atom. The maximum atomic E-state index is 12.8. The third-order valence-corrected chi connectivity index (χ3v) is 11.3. The fourth-order valence-corrected chi connectivity index (χ4v) is 7.45. The molecule has 2 saturated carbocycles. The molecule has 0 spiro atoms. The third kappa shape index (κ3) is 9.09. The van der Waals surface area contributed by atoms with Crippen LogP contribution in [-0.2, 0) is 32.2 Å². The monoisotopic (exact) mass is 796 g/mol. The molecule has 2 aromatic carbocycles. The number of aromatic nitrogens is 4. The maximum absolute atomic E-state index is 12.8. The average Bonchev–Trinajstić information content (AvgIpc) is 3.89. The molecule has 49 heavy (non-hydrogen) atoms. The van der Waals surface area contributed by atoms with Gasteiger partial charge in [0, 0.05) is 22.8 Å². The number of sulfonamides is 1. The summed E-state index contributed by atoms with van der Waals surface area (Å²) in [6.45, 7) is -1.71. The molecule has 0 radical (unpaired) electrons. The molecule has 0 aliphatic heterocycles. The number of hydrogen-bond acceptors (Lipinski definition) is 11. The van der Waals surface area contributed by atoms with Crippen LogP contribution in [0.4, 0.5) is 40.6 Å². The summed E-state index contributed by atoms with van der Waals surface area (Å²) >= 11 is 11.9. The van der Waals surface area contributed by atoms with Crippen molar-refractivity contribution in [2.75, 3.05) is 10.5 Å². The van der Waals surface area contributed by atoms with Crippen molar-refractivity contribution in [1.82, 2.24) is 19.6 Å². The molecule has 0 bridgehead atoms. The van der Waals surface area contributed by atoms with Crippen molar-refractivity contribution in [3.8, 4) is 0 Å². The minimum atomic E-state index is -3.74. The number of anilines is 2. The molecule has 2 aliphatic rings. The number of benzene rings is 2. The highest BCUT2D eigenvalue weighted by atomic mass is 35.7. The van der Waals surface area contributed by atoms with Gasteiger partial charge in [-0.05, 0) is 37.8 Å². The molecule has 6 rings (SSSR count). The van der Waals surface area contributed by atoms with Crippen molar-refractivity contribution in [2.45, 2.75) is 62.1 Å². The molecular formula is C24H23Cl3F4N8O8S2. The van der Waals surface area contributed by atoms with E-state index in [1.165, 1.54) is 12.1 Å². The number of non-ortho nitro benzene ring substituents is 2. The zero-order valence-electron chi connectivity index (χ0n) is 24.4. The van der Waals surface area contributed by atoms with Gasteiger partial charge >= 0.3 is 0 Å². The van der Waals surface area contributed by atoms with Gasteiger partial charge in [0.25, 0.3) is 24.2 Å². The lowest BCUT2D eigenvalue weighted by Crippen LogP contribution is -2.18. The first-order valence-electron chi connectivity index (χ1n) is 13.7. The van der Waals surface area contributed by atoms with Crippen LogP contribution in [0, 0.1) is 20.2 Å². The lowest BCUT2D eigenvalue weighted by Gasteiger charge is -2.04. The number of nitrogens with zero attached hydrogens (tertiary/aromatic N) is 6. The lowest BCUT2D eigenvalue weighted by atomic mass is 10.2. The largest absolute Gasteiger partial charge is 0.382 e. The van der Waals surface area contributed by atoms with Gasteiger partial charge in [-0.2, -0.15) is 10.2 Å². The van der Waals surface area contributed by atoms with Crippen LogP contribution < -0.4 is 10.5 Å². The Bertz CT molecular complexity index is 2140. The minimum absolute atomic E-state index is 0.0235. The number of nitro groups is 2. The molecule has 0 saturated heterocycles. The second kappa shape index (κ2) is 14.6. The van der Waals surface area contributed by atoms with Crippen molar-refractivity contribution < 1.29 is 44.2 Å². The highest BCUT2D eigenvalue weighted by Crippen LogP contribution is 2.39. The van der Waals surface area contributed by atoms with Gasteiger partial charge in [-0.3, -0.25) is 25.0 Å². The number of nitrogens with one attached hydrogen (secondary N) is 1. The second-order valence-corrected chi connectivity index (χ2v) is 16.2. The average molecular weight is 798 g/mol. The zero-order valence-corrected chi connectivity index (χ0v) is 28.3. The molecule has 2 aliphatic carbocycles. The number of halogens is 7. The predicted octanol–water partition coefficient (Wildman–Crippen LogP) is 5.93. The maximum Gasteiger partial charge on any atom is 0.295 e. The van der Waals surface area contributed by atoms with Gasteiger partial charge in [0.05, 0.1) is 41.2 Å². The second-order valence-electron chi connectivity index (χ2n) is 10.5. The first kappa shape index (κ1) is 38.1. The topological polar surface area (TPSA) is 228 Å². The first-order chi connectivity index (χ1) is 22.7.